The molecule has 4 rings (SSSR count). The van der Waals surface area contributed by atoms with Crippen molar-refractivity contribution in [1.29, 1.82) is 0 Å². The summed E-state index contributed by atoms with van der Waals surface area (Å²) in [5, 5.41) is 0.735. The van der Waals surface area contributed by atoms with Crippen molar-refractivity contribution in [2.45, 2.75) is 0 Å². The third-order valence-corrected chi connectivity index (χ3v) is 4.42. The van der Waals surface area contributed by atoms with E-state index in [-0.39, 0.29) is 16.9 Å². The molecule has 1 aliphatic heterocycles. The van der Waals surface area contributed by atoms with E-state index in [1.165, 1.54) is 12.1 Å². The molecular weight excluding hydrogens is 348 g/mol. The van der Waals surface area contributed by atoms with Crippen LogP contribution in [-0.2, 0) is 9.53 Å². The highest BCUT2D eigenvalue weighted by molar-refractivity contribution is 6.22. The molecule has 1 aromatic heterocycles. The van der Waals surface area contributed by atoms with Gasteiger partial charge < -0.3 is 9.72 Å². The smallest absolute Gasteiger partial charge is 0.326 e. The van der Waals surface area contributed by atoms with Crippen LogP contribution in [0.2, 0.25) is 0 Å². The molecule has 0 radical (unpaired) electrons. The van der Waals surface area contributed by atoms with Crippen molar-refractivity contribution in [1.82, 2.24) is 9.88 Å². The molecule has 3 aromatic rings. The lowest BCUT2D eigenvalue weighted by Gasteiger charge is -2.12. The van der Waals surface area contributed by atoms with Gasteiger partial charge in [0.15, 0.2) is 6.61 Å². The zero-order valence-electron chi connectivity index (χ0n) is 14.1. The first-order chi connectivity index (χ1) is 13.1. The highest BCUT2D eigenvalue weighted by Gasteiger charge is 2.36. The van der Waals surface area contributed by atoms with Gasteiger partial charge >= 0.3 is 5.97 Å². The van der Waals surface area contributed by atoms with Crippen molar-refractivity contribution in [3.8, 4) is 0 Å². The van der Waals surface area contributed by atoms with Crippen LogP contribution < -0.4 is 0 Å². The molecule has 7 heteroatoms. The van der Waals surface area contributed by atoms with Crippen molar-refractivity contribution in [2.75, 3.05) is 13.2 Å². The number of nitrogens with zero attached hydrogens (tertiary/aromatic N) is 1. The van der Waals surface area contributed by atoms with Gasteiger partial charge in [-0.05, 0) is 18.2 Å². The Morgan fingerprint density at radius 3 is 2.26 bits per heavy atom. The summed E-state index contributed by atoms with van der Waals surface area (Å²) in [5.74, 6) is -2.29. The lowest BCUT2D eigenvalue weighted by atomic mass is 10.1. The number of hydrogen-bond acceptors (Lipinski definition) is 5. The molecular formula is C20H14N2O5. The summed E-state index contributed by atoms with van der Waals surface area (Å²) in [7, 11) is 0. The third kappa shape index (κ3) is 2.89. The van der Waals surface area contributed by atoms with Crippen molar-refractivity contribution in [2.24, 2.45) is 0 Å². The first-order valence-electron chi connectivity index (χ1n) is 8.26. The maximum absolute atomic E-state index is 12.3. The van der Waals surface area contributed by atoms with Gasteiger partial charge in [0.05, 0.1) is 11.1 Å². The topological polar surface area (TPSA) is 96.5 Å². The monoisotopic (exact) mass is 362 g/mol. The number of Topliss-reactive ketones (excluding diaryl/α,β-unsaturated/α-hetero) is 1. The third-order valence-electron chi connectivity index (χ3n) is 4.42. The zero-order valence-corrected chi connectivity index (χ0v) is 14.1. The maximum Gasteiger partial charge on any atom is 0.326 e. The highest BCUT2D eigenvalue weighted by atomic mass is 16.5. The second kappa shape index (κ2) is 6.53. The number of hydrogen-bond donors (Lipinski definition) is 1. The maximum atomic E-state index is 12.3. The summed E-state index contributed by atoms with van der Waals surface area (Å²) in [5.41, 5.74) is 1.73. The van der Waals surface area contributed by atoms with Crippen LogP contribution in [0.25, 0.3) is 10.9 Å². The molecule has 2 aromatic carbocycles. The molecule has 0 bridgehead atoms. The Kier molecular flexibility index (Phi) is 4.04. The summed E-state index contributed by atoms with van der Waals surface area (Å²) < 4.78 is 4.99. The number of imide groups is 1. The second-order valence-corrected chi connectivity index (χ2v) is 6.07. The Bertz CT molecular complexity index is 1060. The molecule has 0 unspecified atom stereocenters. The number of amides is 2. The molecule has 134 valence electrons. The molecule has 0 saturated heterocycles. The molecule has 0 saturated carbocycles. The lowest BCUT2D eigenvalue weighted by Crippen LogP contribution is -2.36. The van der Waals surface area contributed by atoms with Gasteiger partial charge in [0.25, 0.3) is 11.8 Å². The van der Waals surface area contributed by atoms with E-state index < -0.39 is 30.9 Å². The first kappa shape index (κ1) is 16.7. The van der Waals surface area contributed by atoms with Crippen molar-refractivity contribution < 1.29 is 23.9 Å². The summed E-state index contributed by atoms with van der Waals surface area (Å²) >= 11 is 0. The molecule has 1 N–H and O–H groups in total. The van der Waals surface area contributed by atoms with Crippen LogP contribution in [0.5, 0.6) is 0 Å². The number of carbonyl (C=O) groups is 4. The van der Waals surface area contributed by atoms with E-state index in [9.17, 15) is 19.2 Å². The summed E-state index contributed by atoms with van der Waals surface area (Å²) in [6.45, 7) is -1.00. The Balaban J connectivity index is 1.40. The average Bonchev–Trinajstić information content (AvgIpc) is 3.22. The molecule has 27 heavy (non-hydrogen) atoms. The number of H-pyrrole nitrogens is 1. The van der Waals surface area contributed by atoms with E-state index in [4.69, 9.17) is 4.74 Å². The van der Waals surface area contributed by atoms with Gasteiger partial charge in [0.2, 0.25) is 5.78 Å². The normalized spacial score (nSPS) is 13.1. The van der Waals surface area contributed by atoms with Gasteiger partial charge in [-0.15, -0.1) is 0 Å². The molecule has 0 fully saturated rings. The highest BCUT2D eigenvalue weighted by Crippen LogP contribution is 2.22. The molecule has 0 aliphatic carbocycles. The van der Waals surface area contributed by atoms with Crippen LogP contribution in [0.1, 0.15) is 31.1 Å². The number of benzene rings is 2. The van der Waals surface area contributed by atoms with Crippen LogP contribution in [0, 0.1) is 0 Å². The number of ether oxygens (including phenoxy) is 1. The molecule has 0 atom stereocenters. The number of carbonyl (C=O) groups excluding carboxylic acids is 4. The summed E-state index contributed by atoms with van der Waals surface area (Å²) in [4.78, 5) is 52.7. The van der Waals surface area contributed by atoms with E-state index >= 15 is 0 Å². The molecule has 2 heterocycles. The van der Waals surface area contributed by atoms with E-state index in [0.29, 0.717) is 5.56 Å². The standard InChI is InChI=1S/C20H14N2O5/c23-17(15-9-21-16-8-4-3-5-12(15)16)11-27-18(24)10-22-19(25)13-6-1-2-7-14(13)20(22)26/h1-9,21H,10-11H2. The van der Waals surface area contributed by atoms with Gasteiger partial charge in [-0.3, -0.25) is 24.1 Å². The fourth-order valence-corrected chi connectivity index (χ4v) is 3.08. The number of ketones is 1. The molecule has 1 aliphatic rings. The molecule has 2 amide bonds. The number of aromatic nitrogens is 1. The minimum absolute atomic E-state index is 0.255. The first-order valence-corrected chi connectivity index (χ1v) is 8.26. The predicted molar refractivity (Wildman–Crippen MR) is 95.4 cm³/mol. The van der Waals surface area contributed by atoms with Crippen molar-refractivity contribution in [3.05, 3.63) is 71.4 Å². The van der Waals surface area contributed by atoms with E-state index in [0.717, 1.165) is 15.8 Å². The van der Waals surface area contributed by atoms with Gasteiger partial charge in [-0.25, -0.2) is 0 Å². The largest absolute Gasteiger partial charge is 0.456 e. The number of nitrogens with one attached hydrogen (secondary N) is 1. The van der Waals surface area contributed by atoms with Crippen LogP contribution in [0.4, 0.5) is 0 Å². The second-order valence-electron chi connectivity index (χ2n) is 6.07. The van der Waals surface area contributed by atoms with Gasteiger partial charge in [-0.1, -0.05) is 30.3 Å². The lowest BCUT2D eigenvalue weighted by molar-refractivity contribution is -0.142. The number of esters is 1. The number of rotatable bonds is 5. The SMILES string of the molecule is O=C(CN1C(=O)c2ccccc2C1=O)OCC(=O)c1c[nH]c2ccccc12. The van der Waals surface area contributed by atoms with Gasteiger partial charge in [-0.2, -0.15) is 0 Å². The fraction of sp³-hybridized carbons (Fsp3) is 0.100. The van der Waals surface area contributed by atoms with Gasteiger partial charge in [0, 0.05) is 22.7 Å². The van der Waals surface area contributed by atoms with Crippen LogP contribution in [0.3, 0.4) is 0 Å². The summed E-state index contributed by atoms with van der Waals surface area (Å²) in [6.07, 6.45) is 1.56. The fourth-order valence-electron chi connectivity index (χ4n) is 3.08. The Morgan fingerprint density at radius 2 is 1.56 bits per heavy atom. The number of para-hydroxylation sites is 1. The quantitative estimate of drug-likeness (QED) is 0.426. The Morgan fingerprint density at radius 1 is 0.926 bits per heavy atom. The number of fused-ring (bicyclic) bond motifs is 2. The van der Waals surface area contributed by atoms with Crippen molar-refractivity contribution >= 4 is 34.5 Å². The minimum Gasteiger partial charge on any atom is -0.456 e. The predicted octanol–water partition coefficient (Wildman–Crippen LogP) is 2.19. The van der Waals surface area contributed by atoms with E-state index in [1.54, 1.807) is 30.5 Å². The van der Waals surface area contributed by atoms with Gasteiger partial charge in [0.1, 0.15) is 6.54 Å². The minimum atomic E-state index is -0.822. The van der Waals surface area contributed by atoms with Crippen LogP contribution in [0.15, 0.2) is 54.7 Å². The van der Waals surface area contributed by atoms with E-state index in [2.05, 4.69) is 4.98 Å². The van der Waals surface area contributed by atoms with E-state index in [1.807, 2.05) is 12.1 Å². The van der Waals surface area contributed by atoms with Crippen LogP contribution >= 0.6 is 0 Å². The summed E-state index contributed by atoms with van der Waals surface area (Å²) in [6, 6.07) is 13.6. The van der Waals surface area contributed by atoms with Crippen LogP contribution in [-0.4, -0.2) is 46.6 Å². The Labute approximate surface area is 153 Å². The van der Waals surface area contributed by atoms with Crippen molar-refractivity contribution in [3.63, 3.8) is 0 Å². The molecule has 0 spiro atoms. The average molecular weight is 362 g/mol. The number of aromatic amines is 1. The Hall–Kier alpha value is -3.74. The zero-order chi connectivity index (χ0) is 19.0. The molecule has 7 nitrogen and oxygen atoms in total.